The van der Waals surface area contributed by atoms with Crippen molar-refractivity contribution in [1.82, 2.24) is 14.7 Å². The molecule has 0 aliphatic heterocycles. The van der Waals surface area contributed by atoms with E-state index in [1.807, 2.05) is 14.1 Å². The van der Waals surface area contributed by atoms with Crippen molar-refractivity contribution in [3.63, 3.8) is 0 Å². The Morgan fingerprint density at radius 1 is 1.56 bits per heavy atom. The number of nitrogens with zero attached hydrogens (tertiary/aromatic N) is 4. The molecule has 0 atom stereocenters. The highest BCUT2D eigenvalue weighted by molar-refractivity contribution is 5.54. The monoisotopic (exact) mass is 255 g/mol. The van der Waals surface area contributed by atoms with Crippen LogP contribution >= 0.6 is 0 Å². The molecule has 0 unspecified atom stereocenters. The van der Waals surface area contributed by atoms with Crippen LogP contribution in [0.3, 0.4) is 0 Å². The van der Waals surface area contributed by atoms with Crippen LogP contribution in [0.2, 0.25) is 0 Å². The van der Waals surface area contributed by atoms with Crippen molar-refractivity contribution >= 4 is 11.5 Å². The first-order chi connectivity index (χ1) is 8.21. The molecule has 0 bridgehead atoms. The molecule has 0 saturated heterocycles. The molecule has 1 aromatic rings. The molecule has 0 radical (unpaired) electrons. The van der Waals surface area contributed by atoms with Gasteiger partial charge in [0, 0.05) is 20.1 Å². The summed E-state index contributed by atoms with van der Waals surface area (Å²) < 4.78 is 1.44. The van der Waals surface area contributed by atoms with Crippen LogP contribution in [0.1, 0.15) is 13.8 Å². The zero-order valence-corrected chi connectivity index (χ0v) is 11.6. The average Bonchev–Trinajstić information content (AvgIpc) is 2.55. The van der Waals surface area contributed by atoms with Gasteiger partial charge in [0.25, 0.3) is 0 Å². The summed E-state index contributed by atoms with van der Waals surface area (Å²) in [6.07, 6.45) is 1.40. The number of hydrogen-bond acceptors (Lipinski definition) is 5. The molecular weight excluding hydrogens is 234 g/mol. The number of nitrogens with one attached hydrogen (secondary N) is 1. The van der Waals surface area contributed by atoms with Crippen LogP contribution in [0.4, 0.5) is 11.5 Å². The van der Waals surface area contributed by atoms with Crippen molar-refractivity contribution in [2.75, 3.05) is 32.5 Å². The Hall–Kier alpha value is -1.63. The third-order valence-corrected chi connectivity index (χ3v) is 2.48. The third kappa shape index (κ3) is 3.99. The van der Waals surface area contributed by atoms with Crippen LogP contribution in [0.15, 0.2) is 6.20 Å². The zero-order valence-electron chi connectivity index (χ0n) is 11.6. The molecule has 18 heavy (non-hydrogen) atoms. The van der Waals surface area contributed by atoms with Crippen molar-refractivity contribution < 1.29 is 4.92 Å². The van der Waals surface area contributed by atoms with E-state index in [-0.39, 0.29) is 11.1 Å². The Kier molecular flexibility index (Phi) is 4.28. The molecule has 0 aromatic carbocycles. The quantitative estimate of drug-likeness (QED) is 0.613. The van der Waals surface area contributed by atoms with Gasteiger partial charge in [0.1, 0.15) is 6.20 Å². The van der Waals surface area contributed by atoms with E-state index >= 15 is 0 Å². The maximum Gasteiger partial charge on any atom is 0.330 e. The minimum atomic E-state index is -0.422. The normalized spacial score (nSPS) is 11.9. The number of anilines is 1. The van der Waals surface area contributed by atoms with Crippen molar-refractivity contribution in [3.05, 3.63) is 16.3 Å². The summed E-state index contributed by atoms with van der Waals surface area (Å²) in [7, 11) is 5.68. The maximum atomic E-state index is 10.8. The van der Waals surface area contributed by atoms with Gasteiger partial charge in [-0.1, -0.05) is 13.8 Å². The van der Waals surface area contributed by atoms with Crippen LogP contribution < -0.4 is 5.32 Å². The van der Waals surface area contributed by atoms with Gasteiger partial charge in [0.15, 0.2) is 0 Å². The lowest BCUT2D eigenvalue weighted by atomic mass is 9.93. The fraction of sp³-hybridized carbons (Fsp3) is 0.727. The lowest BCUT2D eigenvalue weighted by molar-refractivity contribution is -0.384. The third-order valence-electron chi connectivity index (χ3n) is 2.48. The highest BCUT2D eigenvalue weighted by Gasteiger charge is 2.23. The van der Waals surface area contributed by atoms with Crippen molar-refractivity contribution in [1.29, 1.82) is 0 Å². The number of aromatic nitrogens is 2. The molecular formula is C11H21N5O2. The molecule has 1 aromatic heterocycles. The minimum absolute atomic E-state index is 0.00882. The lowest BCUT2D eigenvalue weighted by Gasteiger charge is -2.28. The van der Waals surface area contributed by atoms with Gasteiger partial charge >= 0.3 is 5.69 Å². The zero-order chi connectivity index (χ0) is 13.9. The molecule has 0 fully saturated rings. The van der Waals surface area contributed by atoms with Crippen LogP contribution in [-0.2, 0) is 7.05 Å². The second kappa shape index (κ2) is 5.34. The molecule has 1 N–H and O–H groups in total. The average molecular weight is 255 g/mol. The molecule has 0 amide bonds. The topological polar surface area (TPSA) is 76.2 Å². The van der Waals surface area contributed by atoms with E-state index in [2.05, 4.69) is 29.2 Å². The molecule has 102 valence electrons. The maximum absolute atomic E-state index is 10.8. The molecule has 0 aliphatic carbocycles. The van der Waals surface area contributed by atoms with E-state index in [9.17, 15) is 10.1 Å². The fourth-order valence-corrected chi connectivity index (χ4v) is 1.97. The van der Waals surface area contributed by atoms with Gasteiger partial charge in [-0.2, -0.15) is 0 Å². The van der Waals surface area contributed by atoms with Crippen LogP contribution in [0.5, 0.6) is 0 Å². The minimum Gasteiger partial charge on any atom is -0.362 e. The summed E-state index contributed by atoms with van der Waals surface area (Å²) in [5, 5.41) is 18.0. The molecule has 0 spiro atoms. The van der Waals surface area contributed by atoms with Gasteiger partial charge in [0.2, 0.25) is 5.82 Å². The Balaban J connectivity index is 2.71. The Bertz CT molecular complexity index is 425. The number of rotatable bonds is 6. The standard InChI is InChI=1S/C11H21N5O2/c1-11(2,8-14(3)4)7-12-10-9(16(17)18)6-15(5)13-10/h6H,7-8H2,1-5H3,(H,12,13). The van der Waals surface area contributed by atoms with E-state index in [1.165, 1.54) is 10.9 Å². The van der Waals surface area contributed by atoms with Crippen molar-refractivity contribution in [3.8, 4) is 0 Å². The van der Waals surface area contributed by atoms with Crippen LogP contribution in [0, 0.1) is 15.5 Å². The molecule has 1 heterocycles. The van der Waals surface area contributed by atoms with Gasteiger partial charge < -0.3 is 10.2 Å². The summed E-state index contributed by atoms with van der Waals surface area (Å²) in [4.78, 5) is 12.5. The second-order valence-electron chi connectivity index (χ2n) is 5.55. The first kappa shape index (κ1) is 14.4. The Labute approximate surface area is 107 Å². The summed E-state index contributed by atoms with van der Waals surface area (Å²) in [6.45, 7) is 5.73. The molecule has 0 saturated carbocycles. The van der Waals surface area contributed by atoms with Gasteiger partial charge in [-0.05, 0) is 19.5 Å². The van der Waals surface area contributed by atoms with Gasteiger partial charge in [-0.3, -0.25) is 14.8 Å². The summed E-state index contributed by atoms with van der Waals surface area (Å²) in [6, 6.07) is 0. The highest BCUT2D eigenvalue weighted by Crippen LogP contribution is 2.24. The van der Waals surface area contributed by atoms with Gasteiger partial charge in [0.05, 0.1) is 4.92 Å². The first-order valence-corrected chi connectivity index (χ1v) is 5.78. The van der Waals surface area contributed by atoms with Gasteiger partial charge in [-0.25, -0.2) is 0 Å². The second-order valence-corrected chi connectivity index (χ2v) is 5.55. The molecule has 0 aliphatic rings. The van der Waals surface area contributed by atoms with Crippen LogP contribution in [0.25, 0.3) is 0 Å². The van der Waals surface area contributed by atoms with Crippen molar-refractivity contribution in [2.24, 2.45) is 12.5 Å². The fourth-order valence-electron chi connectivity index (χ4n) is 1.97. The van der Waals surface area contributed by atoms with Gasteiger partial charge in [-0.15, -0.1) is 5.10 Å². The van der Waals surface area contributed by atoms with Crippen molar-refractivity contribution in [2.45, 2.75) is 13.8 Å². The summed E-state index contributed by atoms with van der Waals surface area (Å²) in [5.74, 6) is 0.328. The molecule has 7 nitrogen and oxygen atoms in total. The van der Waals surface area contributed by atoms with E-state index in [1.54, 1.807) is 7.05 Å². The number of aryl methyl sites for hydroxylation is 1. The molecule has 7 heteroatoms. The molecule has 1 rings (SSSR count). The first-order valence-electron chi connectivity index (χ1n) is 5.78. The Morgan fingerprint density at radius 2 is 2.17 bits per heavy atom. The largest absolute Gasteiger partial charge is 0.362 e. The predicted octanol–water partition coefficient (Wildman–Crippen LogP) is 1.33. The highest BCUT2D eigenvalue weighted by atomic mass is 16.6. The summed E-state index contributed by atoms with van der Waals surface area (Å²) in [5.41, 5.74) is 0.0210. The summed E-state index contributed by atoms with van der Waals surface area (Å²) >= 11 is 0. The lowest BCUT2D eigenvalue weighted by Crippen LogP contribution is -2.34. The smallest absolute Gasteiger partial charge is 0.330 e. The number of nitro groups is 1. The van der Waals surface area contributed by atoms with E-state index in [0.717, 1.165) is 6.54 Å². The Morgan fingerprint density at radius 3 is 2.67 bits per heavy atom. The van der Waals surface area contributed by atoms with Crippen LogP contribution in [-0.4, -0.2) is 46.8 Å². The van der Waals surface area contributed by atoms with E-state index in [0.29, 0.717) is 12.4 Å². The van der Waals surface area contributed by atoms with E-state index in [4.69, 9.17) is 0 Å². The SMILES string of the molecule is CN(C)CC(C)(C)CNc1nn(C)cc1[N+](=O)[O-]. The number of hydrogen-bond donors (Lipinski definition) is 1. The van der Waals surface area contributed by atoms with E-state index < -0.39 is 4.92 Å². The predicted molar refractivity (Wildman–Crippen MR) is 70.7 cm³/mol.